The molecule has 3 rings (SSSR count). The van der Waals surface area contributed by atoms with Gasteiger partial charge < -0.3 is 9.31 Å². The smallest absolute Gasteiger partial charge is 0.405 e. The lowest BCUT2D eigenvalue weighted by atomic mass is 9.65. The van der Waals surface area contributed by atoms with Crippen molar-refractivity contribution in [1.29, 1.82) is 0 Å². The van der Waals surface area contributed by atoms with Gasteiger partial charge in [-0.1, -0.05) is 40.0 Å². The van der Waals surface area contributed by atoms with Crippen LogP contribution in [0.5, 0.6) is 0 Å². The summed E-state index contributed by atoms with van der Waals surface area (Å²) in [5.41, 5.74) is -0.00999. The van der Waals surface area contributed by atoms with Crippen molar-refractivity contribution >= 4 is 7.12 Å². The second-order valence-corrected chi connectivity index (χ2v) is 8.21. The molecule has 3 aliphatic rings. The van der Waals surface area contributed by atoms with Gasteiger partial charge in [0.05, 0.1) is 11.7 Å². The van der Waals surface area contributed by atoms with E-state index in [-0.39, 0.29) is 12.7 Å². The van der Waals surface area contributed by atoms with E-state index in [0.29, 0.717) is 11.9 Å². The molecule has 4 atom stereocenters. The Balaban J connectivity index is 1.58. The van der Waals surface area contributed by atoms with Crippen LogP contribution in [0.3, 0.4) is 0 Å². The molecule has 0 radical (unpaired) electrons. The Kier molecular flexibility index (Phi) is 4.21. The number of fused-ring (bicyclic) bond motifs is 1. The molecule has 3 fully saturated rings. The zero-order valence-corrected chi connectivity index (χ0v) is 13.7. The molecule has 3 heteroatoms. The van der Waals surface area contributed by atoms with E-state index in [4.69, 9.17) is 9.31 Å². The average molecular weight is 278 g/mol. The standard InChI is InChI=1S/C17H31BO2/c1-12(2)15-8-9-17(4)16(11-15)19-18(20-17)13(3)10-14-6-5-7-14/h12-16H,5-11H2,1-4H3. The number of rotatable bonds is 4. The van der Waals surface area contributed by atoms with Gasteiger partial charge in [0.15, 0.2) is 0 Å². The van der Waals surface area contributed by atoms with E-state index in [1.807, 2.05) is 0 Å². The third kappa shape index (κ3) is 2.81. The van der Waals surface area contributed by atoms with Crippen LogP contribution in [0.4, 0.5) is 0 Å². The molecule has 2 saturated carbocycles. The van der Waals surface area contributed by atoms with Crippen molar-refractivity contribution in [2.75, 3.05) is 0 Å². The summed E-state index contributed by atoms with van der Waals surface area (Å²) in [5, 5.41) is 0. The van der Waals surface area contributed by atoms with Crippen LogP contribution in [-0.4, -0.2) is 18.8 Å². The van der Waals surface area contributed by atoms with E-state index in [1.165, 1.54) is 44.9 Å². The van der Waals surface area contributed by atoms with Crippen LogP contribution in [0.25, 0.3) is 0 Å². The van der Waals surface area contributed by atoms with Crippen molar-refractivity contribution in [1.82, 2.24) is 0 Å². The molecule has 0 aromatic heterocycles. The molecular weight excluding hydrogens is 247 g/mol. The summed E-state index contributed by atoms with van der Waals surface area (Å²) in [7, 11) is 0.0523. The maximum Gasteiger partial charge on any atom is 0.460 e. The van der Waals surface area contributed by atoms with Crippen molar-refractivity contribution in [3.8, 4) is 0 Å². The zero-order valence-electron chi connectivity index (χ0n) is 13.7. The maximum absolute atomic E-state index is 6.39. The third-order valence-electron chi connectivity index (χ3n) is 6.23. The predicted molar refractivity (Wildman–Crippen MR) is 83.7 cm³/mol. The van der Waals surface area contributed by atoms with Gasteiger partial charge in [-0.15, -0.1) is 0 Å². The molecule has 2 nitrogen and oxygen atoms in total. The molecule has 0 amide bonds. The minimum Gasteiger partial charge on any atom is -0.405 e. The predicted octanol–water partition coefficient (Wildman–Crippen LogP) is 4.69. The fraction of sp³-hybridized carbons (Fsp3) is 1.00. The van der Waals surface area contributed by atoms with Crippen molar-refractivity contribution in [3.63, 3.8) is 0 Å². The molecular formula is C17H31BO2. The number of hydrogen-bond acceptors (Lipinski definition) is 2. The van der Waals surface area contributed by atoms with Gasteiger partial charge in [-0.2, -0.15) is 0 Å². The molecule has 114 valence electrons. The fourth-order valence-electron chi connectivity index (χ4n) is 4.29. The highest BCUT2D eigenvalue weighted by atomic mass is 16.7. The molecule has 2 aliphatic carbocycles. The Hall–Kier alpha value is -0.0151. The van der Waals surface area contributed by atoms with Crippen molar-refractivity contribution in [2.24, 2.45) is 17.8 Å². The summed E-state index contributed by atoms with van der Waals surface area (Å²) in [6.07, 6.45) is 9.57. The summed E-state index contributed by atoms with van der Waals surface area (Å²) in [5.74, 6) is 3.09. The van der Waals surface area contributed by atoms with Gasteiger partial charge in [0.2, 0.25) is 0 Å². The molecule has 20 heavy (non-hydrogen) atoms. The lowest BCUT2D eigenvalue weighted by Gasteiger charge is -2.40. The van der Waals surface area contributed by atoms with E-state index < -0.39 is 0 Å². The van der Waals surface area contributed by atoms with Crippen molar-refractivity contribution in [2.45, 2.75) is 90.2 Å². The van der Waals surface area contributed by atoms with Gasteiger partial charge in [0.25, 0.3) is 0 Å². The SMILES string of the molecule is CC(CC1CCC1)B1OC2CC(C(C)C)CCC2(C)O1. The van der Waals surface area contributed by atoms with E-state index in [9.17, 15) is 0 Å². The first-order valence-electron chi connectivity index (χ1n) is 8.81. The van der Waals surface area contributed by atoms with Gasteiger partial charge in [0, 0.05) is 0 Å². The number of hydrogen-bond donors (Lipinski definition) is 0. The Morgan fingerprint density at radius 2 is 1.95 bits per heavy atom. The highest BCUT2D eigenvalue weighted by Gasteiger charge is 2.53. The molecule has 0 bridgehead atoms. The summed E-state index contributed by atoms with van der Waals surface area (Å²) >= 11 is 0. The molecule has 1 heterocycles. The van der Waals surface area contributed by atoms with Crippen LogP contribution in [0.1, 0.15) is 72.6 Å². The van der Waals surface area contributed by atoms with E-state index in [2.05, 4.69) is 27.7 Å². The summed E-state index contributed by atoms with van der Waals surface area (Å²) in [4.78, 5) is 0. The van der Waals surface area contributed by atoms with Crippen molar-refractivity contribution < 1.29 is 9.31 Å². The lowest BCUT2D eigenvalue weighted by molar-refractivity contribution is -0.00966. The lowest BCUT2D eigenvalue weighted by Crippen LogP contribution is -2.43. The van der Waals surface area contributed by atoms with E-state index in [0.717, 1.165) is 17.8 Å². The molecule has 0 N–H and O–H groups in total. The largest absolute Gasteiger partial charge is 0.460 e. The van der Waals surface area contributed by atoms with Crippen LogP contribution in [0.2, 0.25) is 5.82 Å². The summed E-state index contributed by atoms with van der Waals surface area (Å²) in [6, 6.07) is 0. The van der Waals surface area contributed by atoms with Gasteiger partial charge >= 0.3 is 7.12 Å². The Labute approximate surface area is 125 Å². The molecule has 0 aromatic rings. The van der Waals surface area contributed by atoms with Crippen LogP contribution in [0, 0.1) is 17.8 Å². The Morgan fingerprint density at radius 1 is 1.20 bits per heavy atom. The molecule has 1 aliphatic heterocycles. The van der Waals surface area contributed by atoms with Crippen LogP contribution >= 0.6 is 0 Å². The zero-order chi connectivity index (χ0) is 14.3. The Bertz CT molecular complexity index is 342. The van der Waals surface area contributed by atoms with Crippen LogP contribution in [0.15, 0.2) is 0 Å². The summed E-state index contributed by atoms with van der Waals surface area (Å²) < 4.78 is 12.7. The molecule has 0 spiro atoms. The normalized spacial score (nSPS) is 39.8. The maximum atomic E-state index is 6.39. The fourth-order valence-corrected chi connectivity index (χ4v) is 4.29. The molecule has 4 unspecified atom stereocenters. The van der Waals surface area contributed by atoms with Crippen LogP contribution < -0.4 is 0 Å². The second kappa shape index (κ2) is 5.64. The first-order chi connectivity index (χ1) is 9.48. The first kappa shape index (κ1) is 14.9. The van der Waals surface area contributed by atoms with E-state index >= 15 is 0 Å². The average Bonchev–Trinajstić information content (AvgIpc) is 2.69. The quantitative estimate of drug-likeness (QED) is 0.695. The Morgan fingerprint density at radius 3 is 2.55 bits per heavy atom. The van der Waals surface area contributed by atoms with Gasteiger partial charge in [0.1, 0.15) is 0 Å². The first-order valence-corrected chi connectivity index (χ1v) is 8.81. The minimum absolute atomic E-state index is 0.00999. The topological polar surface area (TPSA) is 18.5 Å². The van der Waals surface area contributed by atoms with Crippen molar-refractivity contribution in [3.05, 3.63) is 0 Å². The monoisotopic (exact) mass is 278 g/mol. The van der Waals surface area contributed by atoms with E-state index in [1.54, 1.807) is 0 Å². The molecule has 0 aromatic carbocycles. The summed E-state index contributed by atoms with van der Waals surface area (Å²) in [6.45, 7) is 9.30. The highest BCUT2D eigenvalue weighted by Crippen LogP contribution is 2.46. The third-order valence-corrected chi connectivity index (χ3v) is 6.23. The minimum atomic E-state index is -0.00999. The highest BCUT2D eigenvalue weighted by molar-refractivity contribution is 6.47. The van der Waals surface area contributed by atoms with Crippen LogP contribution in [-0.2, 0) is 9.31 Å². The van der Waals surface area contributed by atoms with Gasteiger partial charge in [-0.3, -0.25) is 0 Å². The molecule has 1 saturated heterocycles. The van der Waals surface area contributed by atoms with Gasteiger partial charge in [-0.05, 0) is 56.2 Å². The van der Waals surface area contributed by atoms with Gasteiger partial charge in [-0.25, -0.2) is 0 Å². The second-order valence-electron chi connectivity index (χ2n) is 8.21.